The van der Waals surface area contributed by atoms with Gasteiger partial charge in [0.05, 0.1) is 6.10 Å². The normalized spacial score (nSPS) is 19.7. The minimum absolute atomic E-state index is 0.224. The zero-order valence-corrected chi connectivity index (χ0v) is 14.6. The van der Waals surface area contributed by atoms with Crippen LogP contribution in [0.2, 0.25) is 0 Å². The molecule has 1 saturated heterocycles. The second-order valence-corrected chi connectivity index (χ2v) is 7.04. The van der Waals surface area contributed by atoms with Crippen molar-refractivity contribution in [1.29, 1.82) is 0 Å². The predicted octanol–water partition coefficient (Wildman–Crippen LogP) is 2.64. The molecule has 4 nitrogen and oxygen atoms in total. The molecule has 0 bridgehead atoms. The van der Waals surface area contributed by atoms with Gasteiger partial charge < -0.3 is 19.8 Å². The summed E-state index contributed by atoms with van der Waals surface area (Å²) in [6, 6.07) is 8.03. The lowest BCUT2D eigenvalue weighted by Crippen LogP contribution is -2.42. The summed E-state index contributed by atoms with van der Waals surface area (Å²) < 4.78 is 5.84. The molecule has 2 atom stereocenters. The molecule has 1 heterocycles. The van der Waals surface area contributed by atoms with Crippen LogP contribution in [0.4, 0.5) is 0 Å². The Morgan fingerprint density at radius 2 is 1.78 bits per heavy atom. The predicted molar refractivity (Wildman–Crippen MR) is 92.9 cm³/mol. The first kappa shape index (κ1) is 18.2. The van der Waals surface area contributed by atoms with E-state index in [0.717, 1.165) is 31.7 Å². The number of hydrogen-bond acceptors (Lipinski definition) is 4. The molecule has 1 fully saturated rings. The second-order valence-electron chi connectivity index (χ2n) is 7.04. The Hall–Kier alpha value is -1.10. The van der Waals surface area contributed by atoms with Crippen molar-refractivity contribution in [3.63, 3.8) is 0 Å². The summed E-state index contributed by atoms with van der Waals surface area (Å²) in [6.07, 6.45) is 1.29. The quantitative estimate of drug-likeness (QED) is 0.811. The summed E-state index contributed by atoms with van der Waals surface area (Å²) in [6.45, 7) is 8.99. The summed E-state index contributed by atoms with van der Waals surface area (Å²) in [4.78, 5) is 2.27. The third kappa shape index (κ3) is 5.48. The van der Waals surface area contributed by atoms with Crippen LogP contribution in [0, 0.1) is 5.92 Å². The highest BCUT2D eigenvalue weighted by Gasteiger charge is 2.24. The van der Waals surface area contributed by atoms with Crippen molar-refractivity contribution in [2.75, 3.05) is 26.2 Å². The van der Waals surface area contributed by atoms with Gasteiger partial charge in [-0.05, 0) is 56.3 Å². The van der Waals surface area contributed by atoms with E-state index in [-0.39, 0.29) is 6.10 Å². The topological polar surface area (TPSA) is 52.9 Å². The molecule has 0 aromatic heterocycles. The Morgan fingerprint density at radius 3 is 2.39 bits per heavy atom. The van der Waals surface area contributed by atoms with Crippen molar-refractivity contribution >= 4 is 0 Å². The maximum atomic E-state index is 10.3. The van der Waals surface area contributed by atoms with Crippen molar-refractivity contribution < 1.29 is 14.9 Å². The van der Waals surface area contributed by atoms with Gasteiger partial charge in [-0.3, -0.25) is 0 Å². The Morgan fingerprint density at radius 1 is 1.13 bits per heavy atom. The lowest BCUT2D eigenvalue weighted by molar-refractivity contribution is 0.0334. The van der Waals surface area contributed by atoms with Gasteiger partial charge in [-0.2, -0.15) is 0 Å². The zero-order valence-electron chi connectivity index (χ0n) is 14.6. The number of likely N-dealkylation sites (tertiary alicyclic amines) is 1. The van der Waals surface area contributed by atoms with E-state index in [9.17, 15) is 10.2 Å². The van der Waals surface area contributed by atoms with Gasteiger partial charge in [0.25, 0.3) is 0 Å². The van der Waals surface area contributed by atoms with Gasteiger partial charge in [-0.25, -0.2) is 0 Å². The van der Waals surface area contributed by atoms with Gasteiger partial charge in [0.2, 0.25) is 0 Å². The molecule has 0 saturated carbocycles. The fraction of sp³-hybridized carbons (Fsp3) is 0.684. The number of para-hydroxylation sites is 1. The van der Waals surface area contributed by atoms with E-state index in [1.165, 1.54) is 5.56 Å². The standard InChI is InChI=1S/C19H31NO3/c1-14(2)18-6-4-5-7-19(18)23-13-17(22)12-20-10-8-16(9-11-20)15(3)21/h4-7,14-17,21-22H,8-13H2,1-3H3. The van der Waals surface area contributed by atoms with Crippen LogP contribution in [0.1, 0.15) is 45.1 Å². The van der Waals surface area contributed by atoms with E-state index in [2.05, 4.69) is 24.8 Å². The third-order valence-electron chi connectivity index (χ3n) is 4.76. The highest BCUT2D eigenvalue weighted by atomic mass is 16.5. The Bertz CT molecular complexity index is 467. The number of aliphatic hydroxyl groups excluding tert-OH is 2. The Labute approximate surface area is 140 Å². The molecule has 1 aliphatic heterocycles. The van der Waals surface area contributed by atoms with Crippen LogP contribution in [-0.2, 0) is 0 Å². The maximum absolute atomic E-state index is 10.3. The van der Waals surface area contributed by atoms with Gasteiger partial charge in [0.1, 0.15) is 18.5 Å². The highest BCUT2D eigenvalue weighted by molar-refractivity contribution is 5.35. The van der Waals surface area contributed by atoms with E-state index in [4.69, 9.17) is 4.74 Å². The van der Waals surface area contributed by atoms with Crippen molar-refractivity contribution in [2.45, 2.75) is 51.7 Å². The van der Waals surface area contributed by atoms with Crippen LogP contribution < -0.4 is 4.74 Å². The van der Waals surface area contributed by atoms with Crippen LogP contribution >= 0.6 is 0 Å². The van der Waals surface area contributed by atoms with Crippen LogP contribution in [0.5, 0.6) is 5.75 Å². The summed E-state index contributed by atoms with van der Waals surface area (Å²) in [5, 5.41) is 19.9. The smallest absolute Gasteiger partial charge is 0.122 e. The van der Waals surface area contributed by atoms with E-state index in [1.54, 1.807) is 0 Å². The van der Waals surface area contributed by atoms with Gasteiger partial charge in [-0.15, -0.1) is 0 Å². The average molecular weight is 321 g/mol. The molecule has 0 aliphatic carbocycles. The first-order valence-corrected chi connectivity index (χ1v) is 8.77. The molecule has 2 N–H and O–H groups in total. The first-order valence-electron chi connectivity index (χ1n) is 8.77. The molecule has 1 aromatic rings. The van der Waals surface area contributed by atoms with Crippen LogP contribution in [-0.4, -0.2) is 53.6 Å². The van der Waals surface area contributed by atoms with Crippen molar-refractivity contribution in [3.8, 4) is 5.75 Å². The summed E-state index contributed by atoms with van der Waals surface area (Å²) in [5.41, 5.74) is 1.18. The van der Waals surface area contributed by atoms with Crippen LogP contribution in [0.3, 0.4) is 0 Å². The number of β-amino-alcohol motifs (C(OH)–C–C–N with tert-alkyl or cyclic N) is 1. The van der Waals surface area contributed by atoms with Crippen LogP contribution in [0.25, 0.3) is 0 Å². The van der Waals surface area contributed by atoms with E-state index < -0.39 is 6.10 Å². The fourth-order valence-electron chi connectivity index (χ4n) is 3.24. The first-order chi connectivity index (χ1) is 11.0. The molecule has 130 valence electrons. The molecule has 4 heteroatoms. The number of hydrogen-bond donors (Lipinski definition) is 2. The molecule has 23 heavy (non-hydrogen) atoms. The van der Waals surface area contributed by atoms with Crippen molar-refractivity contribution in [1.82, 2.24) is 4.90 Å². The summed E-state index contributed by atoms with van der Waals surface area (Å²) in [7, 11) is 0. The number of ether oxygens (including phenoxy) is 1. The minimum Gasteiger partial charge on any atom is -0.491 e. The molecule has 1 aromatic carbocycles. The van der Waals surface area contributed by atoms with Gasteiger partial charge in [0, 0.05) is 6.54 Å². The number of nitrogens with zero attached hydrogens (tertiary/aromatic N) is 1. The molecule has 0 radical (unpaired) electrons. The molecule has 1 aliphatic rings. The molecule has 2 rings (SSSR count). The lowest BCUT2D eigenvalue weighted by Gasteiger charge is -2.34. The van der Waals surface area contributed by atoms with Crippen molar-refractivity contribution in [2.24, 2.45) is 5.92 Å². The SMILES string of the molecule is CC(C)c1ccccc1OCC(O)CN1CCC(C(C)O)CC1. The minimum atomic E-state index is -0.488. The monoisotopic (exact) mass is 321 g/mol. The van der Waals surface area contributed by atoms with Gasteiger partial charge in [-0.1, -0.05) is 32.0 Å². The zero-order chi connectivity index (χ0) is 16.8. The number of benzene rings is 1. The molecular formula is C19H31NO3. The van der Waals surface area contributed by atoms with E-state index in [1.807, 2.05) is 25.1 Å². The lowest BCUT2D eigenvalue weighted by atomic mass is 9.92. The molecule has 0 spiro atoms. The van der Waals surface area contributed by atoms with Crippen LogP contribution in [0.15, 0.2) is 24.3 Å². The molecular weight excluding hydrogens is 290 g/mol. The maximum Gasteiger partial charge on any atom is 0.122 e. The molecule has 0 amide bonds. The largest absolute Gasteiger partial charge is 0.491 e. The Balaban J connectivity index is 1.77. The number of aliphatic hydroxyl groups is 2. The second kappa shape index (κ2) is 8.67. The molecule has 2 unspecified atom stereocenters. The summed E-state index contributed by atoms with van der Waals surface area (Å²) >= 11 is 0. The highest BCUT2D eigenvalue weighted by Crippen LogP contribution is 2.26. The number of piperidine rings is 1. The Kier molecular flexibility index (Phi) is 6.88. The average Bonchev–Trinajstić information content (AvgIpc) is 2.53. The van der Waals surface area contributed by atoms with E-state index in [0.29, 0.717) is 25.0 Å². The van der Waals surface area contributed by atoms with Crippen molar-refractivity contribution in [3.05, 3.63) is 29.8 Å². The number of rotatable bonds is 7. The third-order valence-corrected chi connectivity index (χ3v) is 4.76. The fourth-order valence-corrected chi connectivity index (χ4v) is 3.24. The van der Waals surface area contributed by atoms with Gasteiger partial charge >= 0.3 is 0 Å². The van der Waals surface area contributed by atoms with Gasteiger partial charge in [0.15, 0.2) is 0 Å². The summed E-state index contributed by atoms with van der Waals surface area (Å²) in [5.74, 6) is 1.68. The van der Waals surface area contributed by atoms with E-state index >= 15 is 0 Å².